The number of methoxy groups -OCH3 is 1. The number of carbonyl (C=O) groups is 1. The van der Waals surface area contributed by atoms with Crippen LogP contribution < -0.4 is 14.2 Å². The number of hydrogen-bond acceptors (Lipinski definition) is 8. The van der Waals surface area contributed by atoms with E-state index in [1.54, 1.807) is 7.11 Å². The van der Waals surface area contributed by atoms with Gasteiger partial charge in [-0.1, -0.05) is 68.0 Å². The van der Waals surface area contributed by atoms with Crippen LogP contribution in [0, 0.1) is 0 Å². The number of nitrogens with zero attached hydrogens (tertiary/aromatic N) is 2. The molecule has 52 heavy (non-hydrogen) atoms. The van der Waals surface area contributed by atoms with Crippen LogP contribution in [0.2, 0.25) is 0 Å². The summed E-state index contributed by atoms with van der Waals surface area (Å²) in [5, 5.41) is 0. The van der Waals surface area contributed by atoms with Crippen molar-refractivity contribution in [2.24, 2.45) is 0 Å². The van der Waals surface area contributed by atoms with Gasteiger partial charge < -0.3 is 23.7 Å². The predicted octanol–water partition coefficient (Wildman–Crippen LogP) is 9.40. The third-order valence-electron chi connectivity index (χ3n) is 8.51. The summed E-state index contributed by atoms with van der Waals surface area (Å²) < 4.78 is 27.9. The Bertz CT molecular complexity index is 1910. The molecule has 0 saturated heterocycles. The molecule has 8 heteroatoms. The quantitative estimate of drug-likeness (QED) is 0.0306. The number of fused-ring (bicyclic) bond motifs is 1. The molecule has 1 aromatic heterocycles. The lowest BCUT2D eigenvalue weighted by atomic mass is 9.98. The minimum absolute atomic E-state index is 0.163. The number of rotatable bonds is 22. The second-order valence-corrected chi connectivity index (χ2v) is 12.3. The fourth-order valence-corrected chi connectivity index (χ4v) is 5.73. The first kappa shape index (κ1) is 37.8. The first-order valence-corrected chi connectivity index (χ1v) is 17.9. The Kier molecular flexibility index (Phi) is 14.8. The van der Waals surface area contributed by atoms with E-state index in [1.165, 1.54) is 30.4 Å². The van der Waals surface area contributed by atoms with Crippen molar-refractivity contribution in [3.8, 4) is 39.8 Å². The van der Waals surface area contributed by atoms with E-state index in [9.17, 15) is 4.79 Å². The number of ether oxygens (including phenoxy) is 5. The van der Waals surface area contributed by atoms with Gasteiger partial charge in [0.1, 0.15) is 30.5 Å². The number of unbranched alkanes of at least 4 members (excludes halogenated alkanes) is 4. The topological polar surface area (TPSA) is 89.0 Å². The first-order valence-electron chi connectivity index (χ1n) is 17.9. The SMILES string of the molecule is C=CCCCCCCOc1ccc(CCc2cccc(-c3nc4cc(OCCOCCOC(=O)C=C)ccc4nc3-c3cccc(OC)c3)c2)cc1. The molecule has 1 heterocycles. The molecule has 0 radical (unpaired) electrons. The monoisotopic (exact) mass is 700 g/mol. The van der Waals surface area contributed by atoms with Crippen molar-refractivity contribution in [3.05, 3.63) is 127 Å². The molecule has 0 N–H and O–H groups in total. The molecule has 4 aromatic carbocycles. The summed E-state index contributed by atoms with van der Waals surface area (Å²) in [4.78, 5) is 21.4. The highest BCUT2D eigenvalue weighted by molar-refractivity contribution is 5.87. The molecule has 8 nitrogen and oxygen atoms in total. The van der Waals surface area contributed by atoms with Gasteiger partial charge in [0.15, 0.2) is 0 Å². The van der Waals surface area contributed by atoms with Crippen LogP contribution in [-0.4, -0.2) is 56.1 Å². The van der Waals surface area contributed by atoms with Crippen molar-refractivity contribution >= 4 is 17.0 Å². The summed E-state index contributed by atoms with van der Waals surface area (Å²) >= 11 is 0. The summed E-state index contributed by atoms with van der Waals surface area (Å²) in [6, 6.07) is 30.6. The van der Waals surface area contributed by atoms with Crippen LogP contribution in [0.25, 0.3) is 33.5 Å². The van der Waals surface area contributed by atoms with Gasteiger partial charge in [0.25, 0.3) is 0 Å². The number of esters is 1. The zero-order chi connectivity index (χ0) is 36.4. The smallest absolute Gasteiger partial charge is 0.330 e. The third-order valence-corrected chi connectivity index (χ3v) is 8.51. The van der Waals surface area contributed by atoms with E-state index in [0.717, 1.165) is 83.4 Å². The molecule has 0 fully saturated rings. The number of carbonyl (C=O) groups excluding carboxylic acids is 1. The second kappa shape index (κ2) is 20.4. The molecule has 0 aliphatic carbocycles. The molecule has 0 spiro atoms. The summed E-state index contributed by atoms with van der Waals surface area (Å²) in [6.07, 6.45) is 10.7. The van der Waals surface area contributed by atoms with Gasteiger partial charge in [-0.3, -0.25) is 0 Å². The number of aryl methyl sites for hydroxylation is 2. The number of benzene rings is 4. The van der Waals surface area contributed by atoms with E-state index in [1.807, 2.05) is 48.5 Å². The van der Waals surface area contributed by atoms with Gasteiger partial charge in [-0.25, -0.2) is 14.8 Å². The zero-order valence-corrected chi connectivity index (χ0v) is 30.1. The molecule has 270 valence electrons. The largest absolute Gasteiger partial charge is 0.497 e. The fourth-order valence-electron chi connectivity index (χ4n) is 5.73. The van der Waals surface area contributed by atoms with E-state index >= 15 is 0 Å². The van der Waals surface area contributed by atoms with Gasteiger partial charge >= 0.3 is 5.97 Å². The van der Waals surface area contributed by atoms with Crippen LogP contribution in [0.3, 0.4) is 0 Å². The van der Waals surface area contributed by atoms with E-state index in [4.69, 9.17) is 33.7 Å². The average Bonchev–Trinajstić information content (AvgIpc) is 3.19. The first-order chi connectivity index (χ1) is 25.6. The van der Waals surface area contributed by atoms with Crippen LogP contribution in [0.4, 0.5) is 0 Å². The molecule has 0 aliphatic rings. The minimum Gasteiger partial charge on any atom is -0.497 e. The molecule has 0 aliphatic heterocycles. The van der Waals surface area contributed by atoms with Gasteiger partial charge in [0.2, 0.25) is 0 Å². The van der Waals surface area contributed by atoms with E-state index < -0.39 is 5.97 Å². The van der Waals surface area contributed by atoms with E-state index in [2.05, 4.69) is 61.7 Å². The number of allylic oxidation sites excluding steroid dienone is 1. The maximum absolute atomic E-state index is 11.2. The van der Waals surface area contributed by atoms with Crippen molar-refractivity contribution in [1.82, 2.24) is 9.97 Å². The van der Waals surface area contributed by atoms with E-state index in [-0.39, 0.29) is 13.2 Å². The lowest BCUT2D eigenvalue weighted by Gasteiger charge is -2.14. The molecule has 0 atom stereocenters. The maximum Gasteiger partial charge on any atom is 0.330 e. The van der Waals surface area contributed by atoms with Crippen LogP contribution in [0.1, 0.15) is 43.2 Å². The molecule has 0 unspecified atom stereocenters. The van der Waals surface area contributed by atoms with Crippen molar-refractivity contribution < 1.29 is 28.5 Å². The Morgan fingerprint density at radius 2 is 1.33 bits per heavy atom. The minimum atomic E-state index is -0.471. The van der Waals surface area contributed by atoms with Crippen LogP contribution >= 0.6 is 0 Å². The number of hydrogen-bond donors (Lipinski definition) is 0. The highest BCUT2D eigenvalue weighted by Crippen LogP contribution is 2.34. The predicted molar refractivity (Wildman–Crippen MR) is 207 cm³/mol. The van der Waals surface area contributed by atoms with Gasteiger partial charge in [-0.15, -0.1) is 6.58 Å². The van der Waals surface area contributed by atoms with Crippen molar-refractivity contribution in [2.45, 2.75) is 44.9 Å². The summed E-state index contributed by atoms with van der Waals surface area (Å²) in [5.74, 6) is 1.86. The van der Waals surface area contributed by atoms with Gasteiger partial charge in [0, 0.05) is 23.3 Å². The Labute approximate surface area is 307 Å². The van der Waals surface area contributed by atoms with Gasteiger partial charge in [-0.05, 0) is 85.7 Å². The number of aromatic nitrogens is 2. The summed E-state index contributed by atoms with van der Waals surface area (Å²) in [7, 11) is 1.66. The van der Waals surface area contributed by atoms with Crippen molar-refractivity contribution in [3.63, 3.8) is 0 Å². The van der Waals surface area contributed by atoms with Gasteiger partial charge in [-0.2, -0.15) is 0 Å². The molecular weight excluding hydrogens is 652 g/mol. The highest BCUT2D eigenvalue weighted by atomic mass is 16.6. The molecule has 0 bridgehead atoms. The average molecular weight is 701 g/mol. The van der Waals surface area contributed by atoms with Crippen molar-refractivity contribution in [1.29, 1.82) is 0 Å². The van der Waals surface area contributed by atoms with E-state index in [0.29, 0.717) is 19.0 Å². The van der Waals surface area contributed by atoms with Crippen molar-refractivity contribution in [2.75, 3.05) is 40.1 Å². The lowest BCUT2D eigenvalue weighted by molar-refractivity contribution is -0.139. The fraction of sp³-hybridized carbons (Fsp3) is 0.295. The zero-order valence-electron chi connectivity index (χ0n) is 30.1. The molecule has 0 saturated carbocycles. The highest BCUT2D eigenvalue weighted by Gasteiger charge is 2.15. The Balaban J connectivity index is 1.27. The lowest BCUT2D eigenvalue weighted by Crippen LogP contribution is -2.12. The van der Waals surface area contributed by atoms with Gasteiger partial charge in [0.05, 0.1) is 49.4 Å². The van der Waals surface area contributed by atoms with Crippen LogP contribution in [0.5, 0.6) is 17.2 Å². The molecule has 0 amide bonds. The summed E-state index contributed by atoms with van der Waals surface area (Å²) in [6.45, 7) is 9.03. The second-order valence-electron chi connectivity index (χ2n) is 12.3. The third kappa shape index (κ3) is 11.5. The normalized spacial score (nSPS) is 10.9. The molecule has 5 rings (SSSR count). The molecular formula is C44H48N2O6. The van der Waals surface area contributed by atoms with Crippen LogP contribution in [-0.2, 0) is 27.1 Å². The Morgan fingerprint density at radius 1 is 0.635 bits per heavy atom. The summed E-state index contributed by atoms with van der Waals surface area (Å²) in [5.41, 5.74) is 7.39. The molecule has 5 aromatic rings. The standard InChI is InChI=1S/C44H48N2O6/c1-4-6-7-8-9-10-25-50-37-21-19-33(20-22-37)17-18-34-13-11-14-35(30-34)43-44(36-15-12-16-38(31-36)48-3)45-40-24-23-39(32-41(40)46-43)51-28-26-49-27-29-52-42(47)5-2/h4-5,11-16,19-24,30-32H,1-2,6-10,17-18,25-29H2,3H3. The maximum atomic E-state index is 11.2. The van der Waals surface area contributed by atoms with Crippen LogP contribution in [0.15, 0.2) is 116 Å². The Hall–Kier alpha value is -5.47. The Morgan fingerprint density at radius 3 is 2.12 bits per heavy atom.